The van der Waals surface area contributed by atoms with E-state index in [1.165, 1.54) is 0 Å². The number of hydrogen-bond acceptors (Lipinski definition) is 2. The van der Waals surface area contributed by atoms with Crippen LogP contribution in [0.15, 0.2) is 24.3 Å². The molecular formula is C14H15ClN2O. The Morgan fingerprint density at radius 3 is 2.67 bits per heavy atom. The first-order valence-corrected chi connectivity index (χ1v) is 6.24. The number of aromatic nitrogens is 2. The number of halogens is 1. The molecule has 0 aliphatic carbocycles. The average Bonchev–Trinajstić information content (AvgIpc) is 2.73. The van der Waals surface area contributed by atoms with Crippen LogP contribution < -0.4 is 0 Å². The standard InChI is InChI=1S/C14H15ClN2O/c1-4-11-8-13(17(3)16-11)14(18)10-6-5-9(2)12(15)7-10/h5-8H,4H2,1-3H3. The summed E-state index contributed by atoms with van der Waals surface area (Å²) >= 11 is 6.04. The highest BCUT2D eigenvalue weighted by Gasteiger charge is 2.15. The van der Waals surface area contributed by atoms with Crippen molar-refractivity contribution in [3.05, 3.63) is 51.8 Å². The van der Waals surface area contributed by atoms with Crippen LogP contribution in [0, 0.1) is 6.92 Å². The largest absolute Gasteiger partial charge is 0.287 e. The molecule has 2 aromatic rings. The fraction of sp³-hybridized carbons (Fsp3) is 0.286. The molecular weight excluding hydrogens is 248 g/mol. The van der Waals surface area contributed by atoms with E-state index in [0.29, 0.717) is 16.3 Å². The summed E-state index contributed by atoms with van der Waals surface area (Å²) in [6.07, 6.45) is 0.815. The van der Waals surface area contributed by atoms with Crippen LogP contribution in [0.1, 0.15) is 34.2 Å². The van der Waals surface area contributed by atoms with E-state index in [1.807, 2.05) is 26.0 Å². The summed E-state index contributed by atoms with van der Waals surface area (Å²) in [6, 6.07) is 7.18. The molecule has 0 aliphatic rings. The fourth-order valence-corrected chi connectivity index (χ4v) is 1.97. The molecule has 0 saturated heterocycles. The smallest absolute Gasteiger partial charge is 0.211 e. The van der Waals surface area contributed by atoms with E-state index in [9.17, 15) is 4.79 Å². The van der Waals surface area contributed by atoms with Crippen molar-refractivity contribution in [2.24, 2.45) is 7.05 Å². The number of rotatable bonds is 3. The molecule has 0 radical (unpaired) electrons. The van der Waals surface area contributed by atoms with Gasteiger partial charge in [-0.1, -0.05) is 30.7 Å². The number of carbonyl (C=O) groups excluding carboxylic acids is 1. The van der Waals surface area contributed by atoms with Crippen molar-refractivity contribution in [2.45, 2.75) is 20.3 Å². The van der Waals surface area contributed by atoms with Gasteiger partial charge in [0.1, 0.15) is 5.69 Å². The summed E-state index contributed by atoms with van der Waals surface area (Å²) in [5, 5.41) is 4.89. The van der Waals surface area contributed by atoms with Gasteiger partial charge in [0, 0.05) is 17.6 Å². The van der Waals surface area contributed by atoms with Crippen LogP contribution in [0.2, 0.25) is 5.02 Å². The Kier molecular flexibility index (Phi) is 3.53. The van der Waals surface area contributed by atoms with E-state index in [2.05, 4.69) is 5.10 Å². The van der Waals surface area contributed by atoms with E-state index >= 15 is 0 Å². The van der Waals surface area contributed by atoms with Crippen molar-refractivity contribution in [1.29, 1.82) is 0 Å². The summed E-state index contributed by atoms with van der Waals surface area (Å²) in [6.45, 7) is 3.93. The van der Waals surface area contributed by atoms with E-state index in [4.69, 9.17) is 11.6 Å². The maximum Gasteiger partial charge on any atom is 0.211 e. The highest BCUT2D eigenvalue weighted by Crippen LogP contribution is 2.19. The first kappa shape index (κ1) is 12.8. The number of carbonyl (C=O) groups is 1. The Morgan fingerprint density at radius 2 is 2.11 bits per heavy atom. The van der Waals surface area contributed by atoms with Crippen LogP contribution in [0.4, 0.5) is 0 Å². The van der Waals surface area contributed by atoms with Gasteiger partial charge in [0.15, 0.2) is 0 Å². The number of benzene rings is 1. The van der Waals surface area contributed by atoms with Crippen molar-refractivity contribution in [3.63, 3.8) is 0 Å². The molecule has 2 rings (SSSR count). The van der Waals surface area contributed by atoms with Crippen LogP contribution in [-0.4, -0.2) is 15.6 Å². The van der Waals surface area contributed by atoms with Crippen LogP contribution >= 0.6 is 11.6 Å². The molecule has 1 aromatic carbocycles. The highest BCUT2D eigenvalue weighted by molar-refractivity contribution is 6.31. The molecule has 0 N–H and O–H groups in total. The van der Waals surface area contributed by atoms with E-state index in [0.717, 1.165) is 17.7 Å². The molecule has 1 aromatic heterocycles. The zero-order valence-corrected chi connectivity index (χ0v) is 11.5. The zero-order valence-electron chi connectivity index (χ0n) is 10.7. The average molecular weight is 263 g/mol. The fourth-order valence-electron chi connectivity index (χ4n) is 1.79. The number of ketones is 1. The zero-order chi connectivity index (χ0) is 13.3. The van der Waals surface area contributed by atoms with Crippen LogP contribution in [0.5, 0.6) is 0 Å². The van der Waals surface area contributed by atoms with Crippen LogP contribution in [0.25, 0.3) is 0 Å². The lowest BCUT2D eigenvalue weighted by Gasteiger charge is -2.03. The second-order valence-electron chi connectivity index (χ2n) is 4.29. The second-order valence-corrected chi connectivity index (χ2v) is 4.70. The third-order valence-electron chi connectivity index (χ3n) is 2.96. The van der Waals surface area contributed by atoms with Crippen LogP contribution in [-0.2, 0) is 13.5 Å². The van der Waals surface area contributed by atoms with Crippen molar-refractivity contribution in [1.82, 2.24) is 9.78 Å². The lowest BCUT2D eigenvalue weighted by atomic mass is 10.1. The SMILES string of the molecule is CCc1cc(C(=O)c2ccc(C)c(Cl)c2)n(C)n1. The molecule has 1 heterocycles. The van der Waals surface area contributed by atoms with Gasteiger partial charge in [0.05, 0.1) is 5.69 Å². The molecule has 0 atom stereocenters. The lowest BCUT2D eigenvalue weighted by Crippen LogP contribution is -2.08. The summed E-state index contributed by atoms with van der Waals surface area (Å²) < 4.78 is 1.62. The molecule has 0 bridgehead atoms. The third kappa shape index (κ3) is 2.31. The van der Waals surface area contributed by atoms with Crippen LogP contribution in [0.3, 0.4) is 0 Å². The summed E-state index contributed by atoms with van der Waals surface area (Å²) in [4.78, 5) is 12.3. The van der Waals surface area contributed by atoms with Gasteiger partial charge in [-0.05, 0) is 31.0 Å². The Balaban J connectivity index is 2.41. The summed E-state index contributed by atoms with van der Waals surface area (Å²) in [7, 11) is 1.78. The molecule has 0 fully saturated rings. The summed E-state index contributed by atoms with van der Waals surface area (Å²) in [5.74, 6) is -0.0494. The predicted molar refractivity (Wildman–Crippen MR) is 72.2 cm³/mol. The van der Waals surface area contributed by atoms with Gasteiger partial charge in [-0.3, -0.25) is 9.48 Å². The molecule has 18 heavy (non-hydrogen) atoms. The van der Waals surface area contributed by atoms with Gasteiger partial charge < -0.3 is 0 Å². The summed E-state index contributed by atoms with van der Waals surface area (Å²) in [5.41, 5.74) is 3.06. The molecule has 94 valence electrons. The first-order valence-electron chi connectivity index (χ1n) is 5.86. The number of aryl methyl sites for hydroxylation is 3. The van der Waals surface area contributed by atoms with Gasteiger partial charge in [-0.15, -0.1) is 0 Å². The Morgan fingerprint density at radius 1 is 1.39 bits per heavy atom. The van der Waals surface area contributed by atoms with Crippen molar-refractivity contribution >= 4 is 17.4 Å². The van der Waals surface area contributed by atoms with Gasteiger partial charge in [0.25, 0.3) is 0 Å². The maximum absolute atomic E-state index is 12.3. The Hall–Kier alpha value is -1.61. The number of hydrogen-bond donors (Lipinski definition) is 0. The van der Waals surface area contributed by atoms with Gasteiger partial charge in [-0.25, -0.2) is 0 Å². The highest BCUT2D eigenvalue weighted by atomic mass is 35.5. The Bertz CT molecular complexity index is 602. The maximum atomic E-state index is 12.3. The predicted octanol–water partition coefficient (Wildman–Crippen LogP) is 3.18. The van der Waals surface area contributed by atoms with Crippen molar-refractivity contribution < 1.29 is 4.79 Å². The van der Waals surface area contributed by atoms with Crippen molar-refractivity contribution in [3.8, 4) is 0 Å². The molecule has 0 spiro atoms. The first-order chi connectivity index (χ1) is 8.52. The quantitative estimate of drug-likeness (QED) is 0.797. The van der Waals surface area contributed by atoms with Gasteiger partial charge >= 0.3 is 0 Å². The minimum Gasteiger partial charge on any atom is -0.287 e. The number of nitrogens with zero attached hydrogens (tertiary/aromatic N) is 2. The lowest BCUT2D eigenvalue weighted by molar-refractivity contribution is 0.103. The monoisotopic (exact) mass is 262 g/mol. The van der Waals surface area contributed by atoms with Gasteiger partial charge in [-0.2, -0.15) is 5.10 Å². The normalized spacial score (nSPS) is 10.7. The second kappa shape index (κ2) is 4.94. The Labute approximate surface area is 111 Å². The molecule has 3 nitrogen and oxygen atoms in total. The van der Waals surface area contributed by atoms with E-state index in [1.54, 1.807) is 23.9 Å². The molecule has 0 saturated carbocycles. The van der Waals surface area contributed by atoms with Gasteiger partial charge in [0.2, 0.25) is 5.78 Å². The molecule has 0 unspecified atom stereocenters. The van der Waals surface area contributed by atoms with E-state index < -0.39 is 0 Å². The minimum absolute atomic E-state index is 0.0494. The third-order valence-corrected chi connectivity index (χ3v) is 3.37. The molecule has 0 amide bonds. The van der Waals surface area contributed by atoms with E-state index in [-0.39, 0.29) is 5.78 Å². The molecule has 0 aliphatic heterocycles. The topological polar surface area (TPSA) is 34.9 Å². The molecule has 4 heteroatoms. The van der Waals surface area contributed by atoms with Crippen molar-refractivity contribution in [2.75, 3.05) is 0 Å². The minimum atomic E-state index is -0.0494.